The molecule has 0 bridgehead atoms. The number of rotatable bonds is 6. The summed E-state index contributed by atoms with van der Waals surface area (Å²) >= 11 is 0. The molecule has 3 atom stereocenters. The minimum Gasteiger partial charge on any atom is -0.339 e. The lowest BCUT2D eigenvalue weighted by Gasteiger charge is -2.33. The third kappa shape index (κ3) is 4.40. The normalized spacial score (nSPS) is 25.0. The predicted octanol–water partition coefficient (Wildman–Crippen LogP) is 1.44. The number of nitrogens with one attached hydrogen (secondary N) is 2. The fraction of sp³-hybridized carbons (Fsp3) is 0.440. The molecule has 1 saturated heterocycles. The summed E-state index contributed by atoms with van der Waals surface area (Å²) in [5.41, 5.74) is 4.41. The van der Waals surface area contributed by atoms with Gasteiger partial charge in [-0.05, 0) is 61.4 Å². The number of hydrogen-bond donors (Lipinski definition) is 2. The Kier molecular flexibility index (Phi) is 5.57. The number of para-hydroxylation sites is 1. The quantitative estimate of drug-likeness (QED) is 0.702. The van der Waals surface area contributed by atoms with Crippen molar-refractivity contribution in [3.63, 3.8) is 0 Å². The second-order valence-corrected chi connectivity index (χ2v) is 9.49. The Morgan fingerprint density at radius 2 is 1.87 bits per heavy atom. The summed E-state index contributed by atoms with van der Waals surface area (Å²) in [6, 6.07) is 16.8. The smallest absolute Gasteiger partial charge is 0.230 e. The molecule has 5 nitrogen and oxygen atoms in total. The first kappa shape index (κ1) is 20.3. The van der Waals surface area contributed by atoms with E-state index >= 15 is 0 Å². The lowest BCUT2D eigenvalue weighted by molar-refractivity contribution is -0.136. The highest BCUT2D eigenvalue weighted by molar-refractivity contribution is 6.32. The van der Waals surface area contributed by atoms with E-state index in [1.165, 1.54) is 11.0 Å². The molecule has 2 aromatic rings. The molecule has 160 valence electrons. The van der Waals surface area contributed by atoms with Crippen LogP contribution in [0.2, 0.25) is 0 Å². The van der Waals surface area contributed by atoms with Crippen LogP contribution in [0.25, 0.3) is 0 Å². The van der Waals surface area contributed by atoms with Crippen LogP contribution in [0, 0.1) is 11.8 Å². The average Bonchev–Trinajstić information content (AvgIpc) is 3.51. The summed E-state index contributed by atoms with van der Waals surface area (Å²) in [5.74, 6) is 0.671. The standard InChI is InChI=1S/C25H30BN3O2/c26-19-5-3-4-16(11-19)10-17-13-27-14-18(17)15-29(20-8-9-20)25(31)22-12-24(30)28-23-7-2-1-6-21(22)23/h1-7,11,17-18,20,22,27H,8-10,12-15,26H2,(H,28,30)/t17-,18+,22?/m1/s1. The number of nitrogens with zero attached hydrogens (tertiary/aromatic N) is 1. The van der Waals surface area contributed by atoms with Crippen LogP contribution in [-0.2, 0) is 16.0 Å². The van der Waals surface area contributed by atoms with E-state index in [0.29, 0.717) is 17.9 Å². The van der Waals surface area contributed by atoms with Gasteiger partial charge in [0.1, 0.15) is 7.85 Å². The highest BCUT2D eigenvalue weighted by Crippen LogP contribution is 2.38. The van der Waals surface area contributed by atoms with Gasteiger partial charge in [-0.25, -0.2) is 0 Å². The Balaban J connectivity index is 1.33. The van der Waals surface area contributed by atoms with Crippen LogP contribution in [-0.4, -0.2) is 50.2 Å². The minimum absolute atomic E-state index is 0.0624. The maximum absolute atomic E-state index is 13.7. The fourth-order valence-corrected chi connectivity index (χ4v) is 5.27. The zero-order valence-electron chi connectivity index (χ0n) is 18.1. The molecule has 2 aliphatic heterocycles. The van der Waals surface area contributed by atoms with Gasteiger partial charge in [0.25, 0.3) is 0 Å². The summed E-state index contributed by atoms with van der Waals surface area (Å²) in [6.45, 7) is 2.74. The summed E-state index contributed by atoms with van der Waals surface area (Å²) in [6.07, 6.45) is 3.44. The summed E-state index contributed by atoms with van der Waals surface area (Å²) in [4.78, 5) is 28.1. The van der Waals surface area contributed by atoms with Gasteiger partial charge in [-0.2, -0.15) is 0 Å². The molecule has 0 spiro atoms. The van der Waals surface area contributed by atoms with Crippen molar-refractivity contribution in [2.45, 2.75) is 37.6 Å². The number of carbonyl (C=O) groups is 2. The van der Waals surface area contributed by atoms with Crippen molar-refractivity contribution in [1.29, 1.82) is 0 Å². The molecule has 1 unspecified atom stereocenters. The van der Waals surface area contributed by atoms with E-state index in [9.17, 15) is 9.59 Å². The van der Waals surface area contributed by atoms with E-state index in [1.54, 1.807) is 0 Å². The molecule has 2 heterocycles. The van der Waals surface area contributed by atoms with Crippen LogP contribution in [0.3, 0.4) is 0 Å². The van der Waals surface area contributed by atoms with Crippen LogP contribution in [0.4, 0.5) is 5.69 Å². The molecule has 31 heavy (non-hydrogen) atoms. The number of fused-ring (bicyclic) bond motifs is 1. The topological polar surface area (TPSA) is 61.4 Å². The van der Waals surface area contributed by atoms with E-state index in [-0.39, 0.29) is 24.2 Å². The molecular formula is C25H30BN3O2. The number of hydrogen-bond acceptors (Lipinski definition) is 3. The minimum atomic E-state index is -0.366. The molecule has 0 aromatic heterocycles. The fourth-order valence-electron chi connectivity index (χ4n) is 5.27. The summed E-state index contributed by atoms with van der Waals surface area (Å²) in [7, 11) is 2.14. The first-order valence-corrected chi connectivity index (χ1v) is 11.5. The van der Waals surface area contributed by atoms with Gasteiger partial charge in [0.2, 0.25) is 11.8 Å². The molecule has 1 aliphatic carbocycles. The second kappa shape index (κ2) is 8.50. The summed E-state index contributed by atoms with van der Waals surface area (Å²) in [5, 5.41) is 6.48. The van der Waals surface area contributed by atoms with Gasteiger partial charge in [-0.15, -0.1) is 0 Å². The highest BCUT2D eigenvalue weighted by Gasteiger charge is 2.41. The van der Waals surface area contributed by atoms with E-state index in [1.807, 2.05) is 24.3 Å². The van der Waals surface area contributed by atoms with Gasteiger partial charge in [0.15, 0.2) is 0 Å². The van der Waals surface area contributed by atoms with Crippen molar-refractivity contribution >= 4 is 30.8 Å². The maximum atomic E-state index is 13.7. The molecule has 2 amide bonds. The van der Waals surface area contributed by atoms with Gasteiger partial charge < -0.3 is 15.5 Å². The monoisotopic (exact) mass is 415 g/mol. The van der Waals surface area contributed by atoms with Gasteiger partial charge in [-0.1, -0.05) is 47.9 Å². The Morgan fingerprint density at radius 1 is 1.06 bits per heavy atom. The van der Waals surface area contributed by atoms with E-state index in [4.69, 9.17) is 0 Å². The van der Waals surface area contributed by atoms with Crippen LogP contribution < -0.4 is 16.1 Å². The summed E-state index contributed by atoms with van der Waals surface area (Å²) < 4.78 is 0. The van der Waals surface area contributed by atoms with Gasteiger partial charge in [0, 0.05) is 24.7 Å². The SMILES string of the molecule is Bc1cccc(C[C@@H]2CNC[C@H]2CN(C(=O)C2CC(=O)Nc3ccccc32)C2CC2)c1. The van der Waals surface area contributed by atoms with Crippen molar-refractivity contribution in [2.24, 2.45) is 11.8 Å². The molecule has 2 aromatic carbocycles. The Morgan fingerprint density at radius 3 is 2.68 bits per heavy atom. The highest BCUT2D eigenvalue weighted by atomic mass is 16.2. The van der Waals surface area contributed by atoms with Crippen LogP contribution >= 0.6 is 0 Å². The van der Waals surface area contributed by atoms with Crippen molar-refractivity contribution < 1.29 is 9.59 Å². The zero-order valence-corrected chi connectivity index (χ0v) is 18.1. The Hall–Kier alpha value is -2.60. The van der Waals surface area contributed by atoms with Gasteiger partial charge >= 0.3 is 0 Å². The Bertz CT molecular complexity index is 990. The maximum Gasteiger partial charge on any atom is 0.230 e. The average molecular weight is 415 g/mol. The predicted molar refractivity (Wildman–Crippen MR) is 125 cm³/mol. The molecule has 2 N–H and O–H groups in total. The molecule has 6 heteroatoms. The van der Waals surface area contributed by atoms with Crippen molar-refractivity contribution in [3.05, 3.63) is 59.7 Å². The lowest BCUT2D eigenvalue weighted by Crippen LogP contribution is -2.43. The number of anilines is 1. The number of amides is 2. The second-order valence-electron chi connectivity index (χ2n) is 9.49. The van der Waals surface area contributed by atoms with E-state index in [2.05, 4.69) is 47.6 Å². The molecule has 0 radical (unpaired) electrons. The number of carbonyl (C=O) groups excluding carboxylic acids is 2. The largest absolute Gasteiger partial charge is 0.339 e. The first-order valence-electron chi connectivity index (χ1n) is 11.5. The molecule has 1 saturated carbocycles. The van der Waals surface area contributed by atoms with Crippen molar-refractivity contribution in [3.8, 4) is 0 Å². The Labute approximate surface area is 185 Å². The lowest BCUT2D eigenvalue weighted by atomic mass is 9.85. The molecule has 2 fully saturated rings. The van der Waals surface area contributed by atoms with Gasteiger partial charge in [0.05, 0.1) is 5.92 Å². The third-order valence-corrected chi connectivity index (χ3v) is 7.06. The molecule has 5 rings (SSSR count). The van der Waals surface area contributed by atoms with E-state index in [0.717, 1.165) is 50.1 Å². The third-order valence-electron chi connectivity index (χ3n) is 7.06. The van der Waals surface area contributed by atoms with Crippen LogP contribution in [0.1, 0.15) is 36.3 Å². The van der Waals surface area contributed by atoms with Crippen LogP contribution in [0.5, 0.6) is 0 Å². The molecular weight excluding hydrogens is 385 g/mol. The van der Waals surface area contributed by atoms with E-state index < -0.39 is 0 Å². The van der Waals surface area contributed by atoms with Crippen LogP contribution in [0.15, 0.2) is 48.5 Å². The van der Waals surface area contributed by atoms with Crippen molar-refractivity contribution in [2.75, 3.05) is 25.0 Å². The molecule has 3 aliphatic rings. The number of benzene rings is 2. The van der Waals surface area contributed by atoms with Crippen molar-refractivity contribution in [1.82, 2.24) is 10.2 Å². The van der Waals surface area contributed by atoms with Gasteiger partial charge in [-0.3, -0.25) is 9.59 Å². The first-order chi connectivity index (χ1) is 15.1. The zero-order chi connectivity index (χ0) is 21.4.